The van der Waals surface area contributed by atoms with Crippen LogP contribution in [0.4, 0.5) is 5.69 Å². The number of carbonyl (C=O) groups is 1. The Balaban J connectivity index is 2.01. The first-order valence-electron chi connectivity index (χ1n) is 6.18. The number of anilines is 1. The van der Waals surface area contributed by atoms with Gasteiger partial charge in [0.25, 0.3) is 5.91 Å². The van der Waals surface area contributed by atoms with Crippen molar-refractivity contribution in [2.75, 3.05) is 11.9 Å². The number of aromatic nitrogens is 4. The summed E-state index contributed by atoms with van der Waals surface area (Å²) in [6.07, 6.45) is 4.92. The molecule has 0 spiro atoms. The molecule has 0 fully saturated rings. The first-order chi connectivity index (χ1) is 9.24. The standard InChI is InChI=1S/C12H17N5O2/c1-3-17-11(5-6-13-17)12(18)15-10-7-14-16(8-10)9-19-4-2/h5-8H,3-4,9H2,1-2H3,(H,15,18). The van der Waals surface area contributed by atoms with Crippen LogP contribution >= 0.6 is 0 Å². The van der Waals surface area contributed by atoms with Crippen LogP contribution in [0.3, 0.4) is 0 Å². The van der Waals surface area contributed by atoms with Crippen molar-refractivity contribution in [3.63, 3.8) is 0 Å². The topological polar surface area (TPSA) is 74.0 Å². The van der Waals surface area contributed by atoms with E-state index < -0.39 is 0 Å². The number of hydrogen-bond donors (Lipinski definition) is 1. The molecule has 7 heteroatoms. The molecule has 102 valence electrons. The van der Waals surface area contributed by atoms with E-state index in [1.165, 1.54) is 0 Å². The van der Waals surface area contributed by atoms with Crippen LogP contribution in [-0.4, -0.2) is 32.1 Å². The molecule has 0 aromatic carbocycles. The predicted molar refractivity (Wildman–Crippen MR) is 69.7 cm³/mol. The van der Waals surface area contributed by atoms with Gasteiger partial charge >= 0.3 is 0 Å². The van der Waals surface area contributed by atoms with E-state index in [2.05, 4.69) is 15.5 Å². The molecule has 0 unspecified atom stereocenters. The molecular formula is C12H17N5O2. The second-order valence-corrected chi connectivity index (χ2v) is 3.88. The average Bonchev–Trinajstić information content (AvgIpc) is 3.04. The lowest BCUT2D eigenvalue weighted by Crippen LogP contribution is -2.17. The number of ether oxygens (including phenoxy) is 1. The Morgan fingerprint density at radius 1 is 1.42 bits per heavy atom. The van der Waals surface area contributed by atoms with Gasteiger partial charge in [-0.15, -0.1) is 0 Å². The Kier molecular flexibility index (Phi) is 4.30. The molecule has 0 saturated heterocycles. The van der Waals surface area contributed by atoms with Gasteiger partial charge in [0.05, 0.1) is 18.1 Å². The maximum atomic E-state index is 12.0. The highest BCUT2D eigenvalue weighted by Crippen LogP contribution is 2.08. The Bertz CT molecular complexity index is 546. The normalized spacial score (nSPS) is 10.6. The molecule has 0 aliphatic rings. The number of nitrogens with one attached hydrogen (secondary N) is 1. The maximum Gasteiger partial charge on any atom is 0.274 e. The monoisotopic (exact) mass is 263 g/mol. The molecule has 1 amide bonds. The largest absolute Gasteiger partial charge is 0.360 e. The zero-order valence-electron chi connectivity index (χ0n) is 11.0. The summed E-state index contributed by atoms with van der Waals surface area (Å²) in [5, 5.41) is 10.9. The first kappa shape index (κ1) is 13.3. The molecule has 0 aliphatic heterocycles. The van der Waals surface area contributed by atoms with Crippen molar-refractivity contribution in [3.8, 4) is 0 Å². The van der Waals surface area contributed by atoms with Gasteiger partial charge in [0.2, 0.25) is 0 Å². The van der Waals surface area contributed by atoms with Crippen molar-refractivity contribution >= 4 is 11.6 Å². The van der Waals surface area contributed by atoms with Crippen LogP contribution < -0.4 is 5.32 Å². The fourth-order valence-electron chi connectivity index (χ4n) is 1.66. The summed E-state index contributed by atoms with van der Waals surface area (Å²) in [4.78, 5) is 12.0. The van der Waals surface area contributed by atoms with Gasteiger partial charge < -0.3 is 10.1 Å². The molecule has 2 rings (SSSR count). The third-order valence-electron chi connectivity index (χ3n) is 2.57. The van der Waals surface area contributed by atoms with Crippen molar-refractivity contribution in [2.24, 2.45) is 0 Å². The van der Waals surface area contributed by atoms with Gasteiger partial charge in [0.1, 0.15) is 12.4 Å². The lowest BCUT2D eigenvalue weighted by molar-refractivity contribution is 0.0792. The van der Waals surface area contributed by atoms with Gasteiger partial charge in [-0.05, 0) is 19.9 Å². The molecule has 19 heavy (non-hydrogen) atoms. The van der Waals surface area contributed by atoms with Crippen molar-refractivity contribution in [1.82, 2.24) is 19.6 Å². The number of rotatable bonds is 6. The second kappa shape index (κ2) is 6.14. The lowest BCUT2D eigenvalue weighted by atomic mass is 10.4. The van der Waals surface area contributed by atoms with E-state index in [4.69, 9.17) is 4.74 Å². The van der Waals surface area contributed by atoms with Crippen LogP contribution in [0.1, 0.15) is 24.3 Å². The highest BCUT2D eigenvalue weighted by Gasteiger charge is 2.12. The summed E-state index contributed by atoms with van der Waals surface area (Å²) in [6.45, 7) is 5.50. The van der Waals surface area contributed by atoms with Gasteiger partial charge in [-0.25, -0.2) is 4.68 Å². The Morgan fingerprint density at radius 3 is 3.00 bits per heavy atom. The number of aryl methyl sites for hydroxylation is 1. The van der Waals surface area contributed by atoms with Crippen LogP contribution in [-0.2, 0) is 18.0 Å². The van der Waals surface area contributed by atoms with E-state index in [1.54, 1.807) is 34.0 Å². The maximum absolute atomic E-state index is 12.0. The van der Waals surface area contributed by atoms with Crippen LogP contribution in [0.15, 0.2) is 24.7 Å². The molecule has 0 bridgehead atoms. The van der Waals surface area contributed by atoms with E-state index in [9.17, 15) is 4.79 Å². The third kappa shape index (κ3) is 3.19. The van der Waals surface area contributed by atoms with Crippen molar-refractivity contribution in [1.29, 1.82) is 0 Å². The summed E-state index contributed by atoms with van der Waals surface area (Å²) in [5.41, 5.74) is 1.16. The van der Waals surface area contributed by atoms with Gasteiger partial charge in [-0.1, -0.05) is 0 Å². The molecular weight excluding hydrogens is 246 g/mol. The molecule has 2 heterocycles. The van der Waals surface area contributed by atoms with E-state index >= 15 is 0 Å². The van der Waals surface area contributed by atoms with Crippen molar-refractivity contribution < 1.29 is 9.53 Å². The van der Waals surface area contributed by atoms with Crippen molar-refractivity contribution in [3.05, 3.63) is 30.4 Å². The van der Waals surface area contributed by atoms with Crippen LogP contribution in [0.2, 0.25) is 0 Å². The fourth-order valence-corrected chi connectivity index (χ4v) is 1.66. The van der Waals surface area contributed by atoms with Crippen LogP contribution in [0.25, 0.3) is 0 Å². The minimum absolute atomic E-state index is 0.199. The molecule has 7 nitrogen and oxygen atoms in total. The third-order valence-corrected chi connectivity index (χ3v) is 2.57. The highest BCUT2D eigenvalue weighted by atomic mass is 16.5. The number of amides is 1. The summed E-state index contributed by atoms with van der Waals surface area (Å²) in [7, 11) is 0. The molecule has 0 aliphatic carbocycles. The first-order valence-corrected chi connectivity index (χ1v) is 6.18. The molecule has 2 aromatic heterocycles. The van der Waals surface area contributed by atoms with E-state index in [-0.39, 0.29) is 5.91 Å². The quantitative estimate of drug-likeness (QED) is 0.853. The SMILES string of the molecule is CCOCn1cc(NC(=O)c2ccnn2CC)cn1. The summed E-state index contributed by atoms with van der Waals surface area (Å²) in [5.74, 6) is -0.199. The van der Waals surface area contributed by atoms with Crippen LogP contribution in [0.5, 0.6) is 0 Å². The Labute approximate surface area is 111 Å². The Morgan fingerprint density at radius 2 is 2.26 bits per heavy atom. The minimum Gasteiger partial charge on any atom is -0.360 e. The molecule has 0 saturated carbocycles. The van der Waals surface area contributed by atoms with Gasteiger partial charge in [-0.2, -0.15) is 10.2 Å². The van der Waals surface area contributed by atoms with E-state index in [0.717, 1.165) is 0 Å². The van der Waals surface area contributed by atoms with Crippen molar-refractivity contribution in [2.45, 2.75) is 27.1 Å². The summed E-state index contributed by atoms with van der Waals surface area (Å²) >= 11 is 0. The average molecular weight is 263 g/mol. The second-order valence-electron chi connectivity index (χ2n) is 3.88. The van der Waals surface area contributed by atoms with Gasteiger partial charge in [0, 0.05) is 19.3 Å². The molecule has 1 N–H and O–H groups in total. The van der Waals surface area contributed by atoms with E-state index in [0.29, 0.717) is 31.3 Å². The minimum atomic E-state index is -0.199. The summed E-state index contributed by atoms with van der Waals surface area (Å²) in [6, 6.07) is 1.68. The number of nitrogens with zero attached hydrogens (tertiary/aromatic N) is 4. The molecule has 0 atom stereocenters. The lowest BCUT2D eigenvalue weighted by Gasteiger charge is -2.04. The zero-order valence-corrected chi connectivity index (χ0v) is 11.0. The Hall–Kier alpha value is -2.15. The fraction of sp³-hybridized carbons (Fsp3) is 0.417. The molecule has 0 radical (unpaired) electrons. The zero-order chi connectivity index (χ0) is 13.7. The van der Waals surface area contributed by atoms with E-state index in [1.807, 2.05) is 13.8 Å². The highest BCUT2D eigenvalue weighted by molar-refractivity contribution is 6.02. The molecule has 2 aromatic rings. The van der Waals surface area contributed by atoms with Crippen LogP contribution in [0, 0.1) is 0 Å². The van der Waals surface area contributed by atoms with Gasteiger partial charge in [-0.3, -0.25) is 9.48 Å². The number of carbonyl (C=O) groups excluding carboxylic acids is 1. The summed E-state index contributed by atoms with van der Waals surface area (Å²) < 4.78 is 8.48. The smallest absolute Gasteiger partial charge is 0.274 e. The number of hydrogen-bond acceptors (Lipinski definition) is 4. The predicted octanol–water partition coefficient (Wildman–Crippen LogP) is 1.35. The van der Waals surface area contributed by atoms with Gasteiger partial charge in [0.15, 0.2) is 0 Å².